The van der Waals surface area contributed by atoms with E-state index in [1.54, 1.807) is 19.2 Å². The van der Waals surface area contributed by atoms with Crippen LogP contribution >= 0.6 is 0 Å². The van der Waals surface area contributed by atoms with Gasteiger partial charge in [-0.15, -0.1) is 0 Å². The Hall–Kier alpha value is -2.56. The number of Topliss-reactive ketones (excluding diaryl/α,β-unsaturated/α-hetero) is 1. The number of aliphatic imine (C=N–C) groups is 1. The van der Waals surface area contributed by atoms with Crippen molar-refractivity contribution in [3.63, 3.8) is 0 Å². The molecule has 126 valence electrons. The lowest BCUT2D eigenvalue weighted by Crippen LogP contribution is -2.24. The van der Waals surface area contributed by atoms with E-state index < -0.39 is 11.3 Å². The van der Waals surface area contributed by atoms with E-state index in [-0.39, 0.29) is 23.8 Å². The van der Waals surface area contributed by atoms with Gasteiger partial charge >= 0.3 is 0 Å². The Labute approximate surface area is 141 Å². The van der Waals surface area contributed by atoms with Crippen LogP contribution in [0.25, 0.3) is 10.8 Å². The Morgan fingerprint density at radius 1 is 1.17 bits per heavy atom. The average molecular weight is 326 g/mol. The summed E-state index contributed by atoms with van der Waals surface area (Å²) in [6.45, 7) is 7.60. The van der Waals surface area contributed by atoms with Crippen LogP contribution in [0.1, 0.15) is 44.6 Å². The van der Waals surface area contributed by atoms with Gasteiger partial charge in [-0.1, -0.05) is 45.0 Å². The predicted octanol–water partition coefficient (Wildman–Crippen LogP) is 3.82. The first-order valence-corrected chi connectivity index (χ1v) is 7.94. The summed E-state index contributed by atoms with van der Waals surface area (Å²) in [5, 5.41) is 1.86. The molecule has 0 N–H and O–H groups in total. The minimum absolute atomic E-state index is 0.00331. The molecule has 1 heterocycles. The molecule has 0 spiro atoms. The van der Waals surface area contributed by atoms with Crippen LogP contribution < -0.4 is 0 Å². The summed E-state index contributed by atoms with van der Waals surface area (Å²) in [5.74, 6) is -0.405. The van der Waals surface area contributed by atoms with Crippen molar-refractivity contribution in [3.8, 4) is 0 Å². The lowest BCUT2D eigenvalue weighted by Gasteiger charge is -2.17. The van der Waals surface area contributed by atoms with Gasteiger partial charge in [-0.3, -0.25) is 14.6 Å². The molecule has 0 bridgehead atoms. The number of ether oxygens (including phenoxy) is 1. The molecule has 2 aromatic rings. The molecule has 0 aliphatic carbocycles. The molecule has 24 heavy (non-hydrogen) atoms. The number of rotatable bonds is 4. The van der Waals surface area contributed by atoms with E-state index in [4.69, 9.17) is 4.74 Å². The Morgan fingerprint density at radius 3 is 2.46 bits per heavy atom. The summed E-state index contributed by atoms with van der Waals surface area (Å²) < 4.78 is 5.37. The van der Waals surface area contributed by atoms with E-state index in [1.807, 2.05) is 45.0 Å². The zero-order chi connectivity index (χ0) is 17.7. The molecule has 5 heteroatoms. The molecule has 0 saturated heterocycles. The Kier molecular flexibility index (Phi) is 5.44. The van der Waals surface area contributed by atoms with Crippen LogP contribution in [0.15, 0.2) is 41.5 Å². The van der Waals surface area contributed by atoms with Crippen molar-refractivity contribution in [1.29, 1.82) is 0 Å². The molecular weight excluding hydrogens is 304 g/mol. The number of carbonyl (C=O) groups excluding carboxylic acids is 2. The second-order valence-corrected chi connectivity index (χ2v) is 6.51. The summed E-state index contributed by atoms with van der Waals surface area (Å²) >= 11 is 0. The van der Waals surface area contributed by atoms with Gasteiger partial charge in [0.25, 0.3) is 5.91 Å². The number of nitrogens with zero attached hydrogens (tertiary/aromatic N) is 2. The number of fused-ring (bicyclic) bond motifs is 1. The highest BCUT2D eigenvalue weighted by atomic mass is 16.5. The van der Waals surface area contributed by atoms with Crippen molar-refractivity contribution in [3.05, 3.63) is 42.2 Å². The SMILES string of the molecule is CCO/C(CC(=O)C(C)(C)C)=N\C(=O)c1cc2ccccc2cn1. The molecule has 0 radical (unpaired) electrons. The molecule has 1 aromatic heterocycles. The predicted molar refractivity (Wildman–Crippen MR) is 94.2 cm³/mol. The number of hydrogen-bond donors (Lipinski definition) is 0. The molecule has 0 unspecified atom stereocenters. The van der Waals surface area contributed by atoms with Crippen LogP contribution in [0.5, 0.6) is 0 Å². The van der Waals surface area contributed by atoms with Crippen LogP contribution in [0, 0.1) is 5.41 Å². The number of ketones is 1. The highest BCUT2D eigenvalue weighted by Gasteiger charge is 2.24. The van der Waals surface area contributed by atoms with E-state index in [0.717, 1.165) is 10.8 Å². The van der Waals surface area contributed by atoms with Gasteiger partial charge < -0.3 is 4.74 Å². The third-order valence-corrected chi connectivity index (χ3v) is 3.54. The molecule has 0 saturated carbocycles. The summed E-state index contributed by atoms with van der Waals surface area (Å²) in [6.07, 6.45) is 1.63. The summed E-state index contributed by atoms with van der Waals surface area (Å²) in [6, 6.07) is 9.33. The maximum Gasteiger partial charge on any atom is 0.298 e. The second-order valence-electron chi connectivity index (χ2n) is 6.51. The molecule has 0 atom stereocenters. The fourth-order valence-electron chi connectivity index (χ4n) is 2.06. The van der Waals surface area contributed by atoms with Gasteiger partial charge in [-0.2, -0.15) is 4.99 Å². The van der Waals surface area contributed by atoms with Crippen molar-refractivity contribution < 1.29 is 14.3 Å². The van der Waals surface area contributed by atoms with Crippen molar-refractivity contribution in [2.45, 2.75) is 34.1 Å². The number of amides is 1. The Bertz CT molecular complexity index is 789. The minimum atomic E-state index is -0.512. The normalized spacial score (nSPS) is 12.2. The van der Waals surface area contributed by atoms with Crippen LogP contribution in [0.4, 0.5) is 0 Å². The molecule has 0 aliphatic heterocycles. The van der Waals surface area contributed by atoms with Gasteiger partial charge in [-0.25, -0.2) is 0 Å². The zero-order valence-corrected chi connectivity index (χ0v) is 14.5. The van der Waals surface area contributed by atoms with E-state index in [1.165, 1.54) is 0 Å². The van der Waals surface area contributed by atoms with Crippen molar-refractivity contribution in [2.24, 2.45) is 10.4 Å². The van der Waals surface area contributed by atoms with Gasteiger partial charge in [0, 0.05) is 17.0 Å². The molecule has 5 nitrogen and oxygen atoms in total. The number of aromatic nitrogens is 1. The van der Waals surface area contributed by atoms with Gasteiger partial charge in [0.05, 0.1) is 13.0 Å². The smallest absolute Gasteiger partial charge is 0.298 e. The molecule has 1 amide bonds. The molecular formula is C19H22N2O3. The van der Waals surface area contributed by atoms with Gasteiger partial charge in [-0.05, 0) is 18.4 Å². The van der Waals surface area contributed by atoms with Crippen molar-refractivity contribution in [1.82, 2.24) is 4.98 Å². The van der Waals surface area contributed by atoms with Crippen LogP contribution in [-0.2, 0) is 9.53 Å². The fourth-order valence-corrected chi connectivity index (χ4v) is 2.06. The van der Waals surface area contributed by atoms with Crippen molar-refractivity contribution in [2.75, 3.05) is 6.61 Å². The van der Waals surface area contributed by atoms with Gasteiger partial charge in [0.15, 0.2) is 5.90 Å². The molecule has 0 fully saturated rings. The van der Waals surface area contributed by atoms with E-state index >= 15 is 0 Å². The highest BCUT2D eigenvalue weighted by molar-refractivity contribution is 6.07. The van der Waals surface area contributed by atoms with Crippen LogP contribution in [-0.4, -0.2) is 29.2 Å². The first-order chi connectivity index (χ1) is 11.3. The zero-order valence-electron chi connectivity index (χ0n) is 14.5. The average Bonchev–Trinajstić information content (AvgIpc) is 2.53. The van der Waals surface area contributed by atoms with Gasteiger partial charge in [0.1, 0.15) is 11.5 Å². The summed E-state index contributed by atoms with van der Waals surface area (Å²) in [4.78, 5) is 32.6. The number of pyridine rings is 1. The lowest BCUT2D eigenvalue weighted by atomic mass is 9.89. The van der Waals surface area contributed by atoms with Crippen LogP contribution in [0.3, 0.4) is 0 Å². The van der Waals surface area contributed by atoms with E-state index in [2.05, 4.69) is 9.98 Å². The fraction of sp³-hybridized carbons (Fsp3) is 0.368. The maximum absolute atomic E-state index is 12.4. The van der Waals surface area contributed by atoms with Crippen molar-refractivity contribution >= 4 is 28.4 Å². The number of benzene rings is 1. The largest absolute Gasteiger partial charge is 0.481 e. The molecule has 0 aliphatic rings. The Morgan fingerprint density at radius 2 is 1.83 bits per heavy atom. The topological polar surface area (TPSA) is 68.6 Å². The van der Waals surface area contributed by atoms with Gasteiger partial charge in [0.2, 0.25) is 0 Å². The maximum atomic E-state index is 12.4. The van der Waals surface area contributed by atoms with E-state index in [0.29, 0.717) is 6.61 Å². The monoisotopic (exact) mass is 326 g/mol. The van der Waals surface area contributed by atoms with Crippen LogP contribution in [0.2, 0.25) is 0 Å². The molecule has 1 aromatic carbocycles. The number of hydrogen-bond acceptors (Lipinski definition) is 4. The number of carbonyl (C=O) groups is 2. The Balaban J connectivity index is 2.26. The summed E-state index contributed by atoms with van der Waals surface area (Å²) in [7, 11) is 0. The quantitative estimate of drug-likeness (QED) is 0.633. The minimum Gasteiger partial charge on any atom is -0.481 e. The first-order valence-electron chi connectivity index (χ1n) is 7.94. The first kappa shape index (κ1) is 17.8. The standard InChI is InChI=1S/C19H22N2O3/c1-5-24-17(11-16(22)19(2,3)4)21-18(23)15-10-13-8-6-7-9-14(13)12-20-15/h6-10,12H,5,11H2,1-4H3/b21-17-. The third-order valence-electron chi connectivity index (χ3n) is 3.54. The third kappa shape index (κ3) is 4.47. The highest BCUT2D eigenvalue weighted by Crippen LogP contribution is 2.18. The van der Waals surface area contributed by atoms with E-state index in [9.17, 15) is 9.59 Å². The molecule has 2 rings (SSSR count). The lowest BCUT2D eigenvalue weighted by molar-refractivity contribution is -0.125. The second kappa shape index (κ2) is 7.34. The summed E-state index contributed by atoms with van der Waals surface area (Å²) in [5.41, 5.74) is -0.281.